The fourth-order valence-electron chi connectivity index (χ4n) is 1.91. The van der Waals surface area contributed by atoms with Crippen LogP contribution in [0.2, 0.25) is 0 Å². The van der Waals surface area contributed by atoms with E-state index in [1.807, 2.05) is 20.8 Å². The van der Waals surface area contributed by atoms with E-state index in [2.05, 4.69) is 31.3 Å². The zero-order valence-corrected chi connectivity index (χ0v) is 12.1. The van der Waals surface area contributed by atoms with E-state index < -0.39 is 0 Å². The second-order valence-electron chi connectivity index (χ2n) is 5.37. The summed E-state index contributed by atoms with van der Waals surface area (Å²) in [5, 5.41) is 12.4. The van der Waals surface area contributed by atoms with Gasteiger partial charge in [0.2, 0.25) is 0 Å². The van der Waals surface area contributed by atoms with Crippen LogP contribution in [0.5, 0.6) is 5.75 Å². The number of rotatable bonds is 4. The first-order valence-electron chi connectivity index (χ1n) is 6.12. The molecule has 1 N–H and O–H groups in total. The number of hydrogen-bond donors (Lipinski definition) is 1. The van der Waals surface area contributed by atoms with Crippen molar-refractivity contribution in [2.24, 2.45) is 5.41 Å². The Morgan fingerprint density at radius 2 is 1.89 bits per heavy atom. The lowest BCUT2D eigenvalue weighted by molar-refractivity contribution is 0.408. The quantitative estimate of drug-likeness (QED) is 0.883. The van der Waals surface area contributed by atoms with Crippen LogP contribution in [-0.4, -0.2) is 13.7 Å². The normalized spacial score (nSPS) is 10.9. The van der Waals surface area contributed by atoms with Gasteiger partial charge in [-0.1, -0.05) is 0 Å². The van der Waals surface area contributed by atoms with Crippen molar-refractivity contribution < 1.29 is 4.74 Å². The Balaban J connectivity index is 3.03. The van der Waals surface area contributed by atoms with E-state index in [0.29, 0.717) is 6.54 Å². The molecule has 0 atom stereocenters. The highest BCUT2D eigenvalue weighted by Crippen LogP contribution is 2.31. The molecule has 98 valence electrons. The second-order valence-corrected chi connectivity index (χ2v) is 5.37. The van der Waals surface area contributed by atoms with Crippen LogP contribution in [0.3, 0.4) is 0 Å². The Hall–Kier alpha value is -1.69. The molecule has 1 aromatic carbocycles. The van der Waals surface area contributed by atoms with E-state index in [9.17, 15) is 0 Å². The Labute approximate surface area is 110 Å². The molecular formula is C15H22N2O. The van der Waals surface area contributed by atoms with Crippen molar-refractivity contribution >= 4 is 5.69 Å². The summed E-state index contributed by atoms with van der Waals surface area (Å²) in [6.45, 7) is 10.7. The largest absolute Gasteiger partial charge is 0.496 e. The smallest absolute Gasteiger partial charge is 0.125 e. The van der Waals surface area contributed by atoms with Crippen molar-refractivity contribution in [2.75, 3.05) is 19.0 Å². The number of aryl methyl sites for hydroxylation is 1. The second kappa shape index (κ2) is 5.30. The third-order valence-electron chi connectivity index (χ3n) is 3.25. The first-order chi connectivity index (χ1) is 8.32. The molecule has 0 aliphatic carbocycles. The lowest BCUT2D eigenvalue weighted by Crippen LogP contribution is -2.21. The Kier molecular flexibility index (Phi) is 4.24. The van der Waals surface area contributed by atoms with Crippen molar-refractivity contribution in [3.63, 3.8) is 0 Å². The van der Waals surface area contributed by atoms with Crippen LogP contribution in [-0.2, 0) is 0 Å². The highest BCUT2D eigenvalue weighted by molar-refractivity contribution is 5.61. The number of hydrogen-bond acceptors (Lipinski definition) is 3. The lowest BCUT2D eigenvalue weighted by atomic mass is 9.95. The zero-order chi connectivity index (χ0) is 13.9. The monoisotopic (exact) mass is 246 g/mol. The molecule has 1 rings (SSSR count). The van der Waals surface area contributed by atoms with Gasteiger partial charge in [-0.3, -0.25) is 0 Å². The summed E-state index contributed by atoms with van der Waals surface area (Å²) >= 11 is 0. The molecule has 0 saturated heterocycles. The third-order valence-corrected chi connectivity index (χ3v) is 3.25. The molecule has 0 amide bonds. The van der Waals surface area contributed by atoms with E-state index in [4.69, 9.17) is 10.00 Å². The fourth-order valence-corrected chi connectivity index (χ4v) is 1.91. The molecule has 0 saturated carbocycles. The summed E-state index contributed by atoms with van der Waals surface area (Å²) < 4.78 is 5.40. The molecule has 0 radical (unpaired) electrons. The van der Waals surface area contributed by atoms with Gasteiger partial charge in [0.05, 0.1) is 18.6 Å². The highest BCUT2D eigenvalue weighted by atomic mass is 16.5. The Bertz CT molecular complexity index is 484. The van der Waals surface area contributed by atoms with Gasteiger partial charge in [0, 0.05) is 12.2 Å². The number of nitrogens with one attached hydrogen (secondary N) is 1. The van der Waals surface area contributed by atoms with Crippen LogP contribution < -0.4 is 10.1 Å². The van der Waals surface area contributed by atoms with E-state index >= 15 is 0 Å². The zero-order valence-electron chi connectivity index (χ0n) is 12.1. The maximum Gasteiger partial charge on any atom is 0.125 e. The predicted octanol–water partition coefficient (Wildman–Crippen LogP) is 3.58. The van der Waals surface area contributed by atoms with Gasteiger partial charge in [0.25, 0.3) is 0 Å². The molecule has 18 heavy (non-hydrogen) atoms. The van der Waals surface area contributed by atoms with Crippen LogP contribution in [0.4, 0.5) is 5.69 Å². The molecule has 3 heteroatoms. The first kappa shape index (κ1) is 14.4. The van der Waals surface area contributed by atoms with Crippen LogP contribution in [0, 0.1) is 37.5 Å². The Morgan fingerprint density at radius 3 is 2.39 bits per heavy atom. The summed E-state index contributed by atoms with van der Waals surface area (Å²) in [4.78, 5) is 0. The minimum atomic E-state index is -0.367. The summed E-state index contributed by atoms with van der Waals surface area (Å²) in [7, 11) is 1.70. The molecule has 0 unspecified atom stereocenters. The number of methoxy groups -OCH3 is 1. The summed E-state index contributed by atoms with van der Waals surface area (Å²) in [6.07, 6.45) is 0. The van der Waals surface area contributed by atoms with Crippen molar-refractivity contribution in [3.05, 3.63) is 22.8 Å². The minimum absolute atomic E-state index is 0.367. The molecule has 0 aromatic heterocycles. The SMILES string of the molecule is COc1c(C)cc(NCC(C)(C)C#N)c(C)c1C. The van der Waals surface area contributed by atoms with E-state index in [-0.39, 0.29) is 5.41 Å². The molecule has 0 fully saturated rings. The number of nitrogens with zero attached hydrogens (tertiary/aromatic N) is 1. The minimum Gasteiger partial charge on any atom is -0.496 e. The summed E-state index contributed by atoms with van der Waals surface area (Å²) in [5.41, 5.74) is 4.14. The molecular weight excluding hydrogens is 224 g/mol. The van der Waals surface area contributed by atoms with Gasteiger partial charge < -0.3 is 10.1 Å². The van der Waals surface area contributed by atoms with Gasteiger partial charge in [0.1, 0.15) is 5.75 Å². The third kappa shape index (κ3) is 2.95. The van der Waals surface area contributed by atoms with Crippen molar-refractivity contribution in [1.29, 1.82) is 5.26 Å². The van der Waals surface area contributed by atoms with Crippen LogP contribution in [0.15, 0.2) is 6.07 Å². The van der Waals surface area contributed by atoms with Crippen molar-refractivity contribution in [1.82, 2.24) is 0 Å². The van der Waals surface area contributed by atoms with Gasteiger partial charge in [-0.2, -0.15) is 5.26 Å². The van der Waals surface area contributed by atoms with Gasteiger partial charge in [-0.05, 0) is 57.4 Å². The van der Waals surface area contributed by atoms with Crippen LogP contribution in [0.25, 0.3) is 0 Å². The standard InChI is InChI=1S/C15H22N2O/c1-10-7-13(17-9-15(4,5)8-16)11(2)12(3)14(10)18-6/h7,17H,9H2,1-6H3. The van der Waals surface area contributed by atoms with Crippen LogP contribution >= 0.6 is 0 Å². The number of anilines is 1. The molecule has 3 nitrogen and oxygen atoms in total. The molecule has 0 heterocycles. The topological polar surface area (TPSA) is 45.0 Å². The van der Waals surface area contributed by atoms with E-state index in [1.54, 1.807) is 7.11 Å². The number of ether oxygens (including phenoxy) is 1. The molecule has 0 aliphatic rings. The Morgan fingerprint density at radius 1 is 1.28 bits per heavy atom. The van der Waals surface area contributed by atoms with Gasteiger partial charge in [0.15, 0.2) is 0 Å². The van der Waals surface area contributed by atoms with E-state index in [0.717, 1.165) is 22.6 Å². The van der Waals surface area contributed by atoms with Gasteiger partial charge in [-0.25, -0.2) is 0 Å². The molecule has 0 spiro atoms. The molecule has 0 aliphatic heterocycles. The fraction of sp³-hybridized carbons (Fsp3) is 0.533. The lowest BCUT2D eigenvalue weighted by Gasteiger charge is -2.21. The van der Waals surface area contributed by atoms with Gasteiger partial charge in [-0.15, -0.1) is 0 Å². The number of benzene rings is 1. The maximum atomic E-state index is 9.02. The first-order valence-corrected chi connectivity index (χ1v) is 6.12. The van der Waals surface area contributed by atoms with Crippen molar-refractivity contribution in [2.45, 2.75) is 34.6 Å². The number of nitriles is 1. The highest BCUT2D eigenvalue weighted by Gasteiger charge is 2.17. The van der Waals surface area contributed by atoms with Crippen molar-refractivity contribution in [3.8, 4) is 11.8 Å². The van der Waals surface area contributed by atoms with E-state index in [1.165, 1.54) is 5.56 Å². The maximum absolute atomic E-state index is 9.02. The summed E-state index contributed by atoms with van der Waals surface area (Å²) in [5.74, 6) is 0.942. The van der Waals surface area contributed by atoms with Crippen LogP contribution in [0.1, 0.15) is 30.5 Å². The molecule has 0 bridgehead atoms. The predicted molar refractivity (Wildman–Crippen MR) is 75.1 cm³/mol. The average Bonchev–Trinajstić information content (AvgIpc) is 2.33. The average molecular weight is 246 g/mol. The summed E-state index contributed by atoms with van der Waals surface area (Å²) in [6, 6.07) is 4.37. The van der Waals surface area contributed by atoms with Gasteiger partial charge >= 0.3 is 0 Å². The molecule has 1 aromatic rings.